The Morgan fingerprint density at radius 2 is 2.00 bits per heavy atom. The van der Waals surface area contributed by atoms with Crippen molar-refractivity contribution in [2.24, 2.45) is 0 Å². The van der Waals surface area contributed by atoms with Gasteiger partial charge in [0.25, 0.3) is 10.0 Å². The van der Waals surface area contributed by atoms with Gasteiger partial charge >= 0.3 is 0 Å². The fourth-order valence-electron chi connectivity index (χ4n) is 1.56. The molecule has 1 aromatic rings. The standard InChI is InChI=1S/C13H23N3O2S/c1-6-13(2,3)16(5)19(17,18)12-8-7-11(9-14-4)10-15-12/h7-8,10,14H,6,9H2,1-5H3. The van der Waals surface area contributed by atoms with E-state index in [-0.39, 0.29) is 5.03 Å². The van der Waals surface area contributed by atoms with Gasteiger partial charge in [-0.25, -0.2) is 13.4 Å². The normalized spacial score (nSPS) is 12.9. The molecular weight excluding hydrogens is 262 g/mol. The molecule has 0 atom stereocenters. The molecule has 108 valence electrons. The first kappa shape index (κ1) is 16.1. The van der Waals surface area contributed by atoms with Gasteiger partial charge in [-0.1, -0.05) is 13.0 Å². The first-order valence-electron chi connectivity index (χ1n) is 6.34. The summed E-state index contributed by atoms with van der Waals surface area (Å²) in [6.45, 7) is 6.44. The zero-order valence-corrected chi connectivity index (χ0v) is 13.1. The quantitative estimate of drug-likeness (QED) is 0.862. The molecule has 1 N–H and O–H groups in total. The Balaban J connectivity index is 3.07. The van der Waals surface area contributed by atoms with Gasteiger partial charge in [-0.3, -0.25) is 0 Å². The highest BCUT2D eigenvalue weighted by Gasteiger charge is 2.33. The lowest BCUT2D eigenvalue weighted by Crippen LogP contribution is -2.44. The molecule has 0 fully saturated rings. The Kier molecular flexibility index (Phi) is 5.06. The minimum absolute atomic E-state index is 0.0939. The second kappa shape index (κ2) is 5.98. The van der Waals surface area contributed by atoms with Crippen molar-refractivity contribution in [2.75, 3.05) is 14.1 Å². The van der Waals surface area contributed by atoms with Crippen molar-refractivity contribution >= 4 is 10.0 Å². The molecule has 19 heavy (non-hydrogen) atoms. The predicted molar refractivity (Wildman–Crippen MR) is 76.3 cm³/mol. The lowest BCUT2D eigenvalue weighted by molar-refractivity contribution is 0.256. The summed E-state index contributed by atoms with van der Waals surface area (Å²) < 4.78 is 26.3. The van der Waals surface area contributed by atoms with Crippen molar-refractivity contribution in [3.8, 4) is 0 Å². The molecule has 0 bridgehead atoms. The molecule has 0 unspecified atom stereocenters. The van der Waals surface area contributed by atoms with E-state index in [1.807, 2.05) is 27.8 Å². The lowest BCUT2D eigenvalue weighted by atomic mass is 10.0. The molecule has 0 saturated carbocycles. The predicted octanol–water partition coefficient (Wildman–Crippen LogP) is 1.61. The van der Waals surface area contributed by atoms with E-state index in [2.05, 4.69) is 10.3 Å². The Morgan fingerprint density at radius 3 is 2.42 bits per heavy atom. The summed E-state index contributed by atoms with van der Waals surface area (Å²) in [4.78, 5) is 4.07. The van der Waals surface area contributed by atoms with E-state index in [0.717, 1.165) is 12.0 Å². The Hall–Kier alpha value is -0.980. The fourth-order valence-corrected chi connectivity index (χ4v) is 3.05. The maximum Gasteiger partial charge on any atom is 0.260 e. The van der Waals surface area contributed by atoms with Crippen molar-refractivity contribution in [3.63, 3.8) is 0 Å². The summed E-state index contributed by atoms with van der Waals surface area (Å²) in [7, 11) is -0.104. The van der Waals surface area contributed by atoms with Crippen LogP contribution in [0, 0.1) is 0 Å². The third-order valence-electron chi connectivity index (χ3n) is 3.52. The summed E-state index contributed by atoms with van der Waals surface area (Å²) >= 11 is 0. The molecular formula is C13H23N3O2S. The molecule has 0 aliphatic carbocycles. The first-order chi connectivity index (χ1) is 8.75. The molecule has 1 aromatic heterocycles. The van der Waals surface area contributed by atoms with Gasteiger partial charge in [0.15, 0.2) is 5.03 Å². The number of aromatic nitrogens is 1. The van der Waals surface area contributed by atoms with Crippen LogP contribution in [-0.2, 0) is 16.6 Å². The topological polar surface area (TPSA) is 62.3 Å². The zero-order valence-electron chi connectivity index (χ0n) is 12.3. The monoisotopic (exact) mass is 285 g/mol. The largest absolute Gasteiger partial charge is 0.316 e. The van der Waals surface area contributed by atoms with Crippen LogP contribution in [0.2, 0.25) is 0 Å². The van der Waals surface area contributed by atoms with Crippen LogP contribution in [0.3, 0.4) is 0 Å². The van der Waals surface area contributed by atoms with E-state index in [9.17, 15) is 8.42 Å². The Bertz CT molecular complexity index is 509. The average molecular weight is 285 g/mol. The number of hydrogen-bond donors (Lipinski definition) is 1. The number of rotatable bonds is 6. The number of nitrogens with zero attached hydrogens (tertiary/aromatic N) is 2. The fraction of sp³-hybridized carbons (Fsp3) is 0.615. The minimum atomic E-state index is -3.54. The van der Waals surface area contributed by atoms with Crippen LogP contribution in [0.15, 0.2) is 23.4 Å². The highest BCUT2D eigenvalue weighted by Crippen LogP contribution is 2.24. The third-order valence-corrected chi connectivity index (χ3v) is 5.51. The Morgan fingerprint density at radius 1 is 1.37 bits per heavy atom. The van der Waals surface area contributed by atoms with Crippen LogP contribution in [0.5, 0.6) is 0 Å². The van der Waals surface area contributed by atoms with E-state index in [1.165, 1.54) is 4.31 Å². The van der Waals surface area contributed by atoms with Crippen LogP contribution in [-0.4, -0.2) is 37.3 Å². The Labute approximate surface area is 116 Å². The van der Waals surface area contributed by atoms with Gasteiger partial charge < -0.3 is 5.32 Å². The molecule has 5 nitrogen and oxygen atoms in total. The number of sulfonamides is 1. The minimum Gasteiger partial charge on any atom is -0.316 e. The number of hydrogen-bond acceptors (Lipinski definition) is 4. The maximum absolute atomic E-state index is 12.5. The van der Waals surface area contributed by atoms with Gasteiger partial charge in [-0.15, -0.1) is 0 Å². The van der Waals surface area contributed by atoms with Crippen LogP contribution in [0.4, 0.5) is 0 Å². The highest BCUT2D eigenvalue weighted by atomic mass is 32.2. The summed E-state index contributed by atoms with van der Waals surface area (Å²) in [5.41, 5.74) is 0.531. The van der Waals surface area contributed by atoms with Crippen molar-refractivity contribution in [1.29, 1.82) is 0 Å². The molecule has 1 rings (SSSR count). The molecule has 0 amide bonds. The van der Waals surface area contributed by atoms with Crippen LogP contribution in [0.25, 0.3) is 0 Å². The SMILES string of the molecule is CCC(C)(C)N(C)S(=O)(=O)c1ccc(CNC)cn1. The first-order valence-corrected chi connectivity index (χ1v) is 7.78. The van der Waals surface area contributed by atoms with E-state index < -0.39 is 15.6 Å². The molecule has 0 saturated heterocycles. The van der Waals surface area contributed by atoms with E-state index in [0.29, 0.717) is 6.54 Å². The highest BCUT2D eigenvalue weighted by molar-refractivity contribution is 7.89. The molecule has 0 spiro atoms. The molecule has 0 radical (unpaired) electrons. The summed E-state index contributed by atoms with van der Waals surface area (Å²) in [5.74, 6) is 0. The molecule has 1 heterocycles. The van der Waals surface area contributed by atoms with Crippen molar-refractivity contribution < 1.29 is 8.42 Å². The van der Waals surface area contributed by atoms with E-state index >= 15 is 0 Å². The maximum atomic E-state index is 12.5. The summed E-state index contributed by atoms with van der Waals surface area (Å²) in [5, 5.41) is 3.09. The number of pyridine rings is 1. The second-order valence-corrected chi connectivity index (χ2v) is 7.09. The van der Waals surface area contributed by atoms with Crippen LogP contribution >= 0.6 is 0 Å². The van der Waals surface area contributed by atoms with E-state index in [4.69, 9.17) is 0 Å². The van der Waals surface area contributed by atoms with Crippen LogP contribution < -0.4 is 5.32 Å². The van der Waals surface area contributed by atoms with Crippen molar-refractivity contribution in [3.05, 3.63) is 23.9 Å². The average Bonchev–Trinajstić information content (AvgIpc) is 2.39. The third kappa shape index (κ3) is 3.52. The number of nitrogens with one attached hydrogen (secondary N) is 1. The summed E-state index contributed by atoms with van der Waals surface area (Å²) in [6, 6.07) is 3.34. The molecule has 0 aliphatic rings. The van der Waals surface area contributed by atoms with Gasteiger partial charge in [0, 0.05) is 25.3 Å². The van der Waals surface area contributed by atoms with Gasteiger partial charge in [0.1, 0.15) is 0 Å². The molecule has 6 heteroatoms. The second-order valence-electron chi connectivity index (χ2n) is 5.17. The van der Waals surface area contributed by atoms with Gasteiger partial charge in [0.05, 0.1) is 0 Å². The molecule has 0 aliphatic heterocycles. The zero-order chi connectivity index (χ0) is 14.7. The van der Waals surface area contributed by atoms with E-state index in [1.54, 1.807) is 25.4 Å². The van der Waals surface area contributed by atoms with Gasteiger partial charge in [0.2, 0.25) is 0 Å². The van der Waals surface area contributed by atoms with Crippen molar-refractivity contribution in [2.45, 2.75) is 44.3 Å². The van der Waals surface area contributed by atoms with Crippen molar-refractivity contribution in [1.82, 2.24) is 14.6 Å². The molecule has 0 aromatic carbocycles. The van der Waals surface area contributed by atoms with Gasteiger partial charge in [-0.2, -0.15) is 4.31 Å². The lowest BCUT2D eigenvalue weighted by Gasteiger charge is -2.33. The van der Waals surface area contributed by atoms with Crippen LogP contribution in [0.1, 0.15) is 32.8 Å². The smallest absolute Gasteiger partial charge is 0.260 e. The van der Waals surface area contributed by atoms with Gasteiger partial charge in [-0.05, 0) is 38.9 Å². The summed E-state index contributed by atoms with van der Waals surface area (Å²) in [6.07, 6.45) is 2.33.